The van der Waals surface area contributed by atoms with Gasteiger partial charge in [-0.15, -0.1) is 0 Å². The van der Waals surface area contributed by atoms with Gasteiger partial charge in [0.2, 0.25) is 5.91 Å². The van der Waals surface area contributed by atoms with Crippen molar-refractivity contribution in [1.82, 2.24) is 4.90 Å². The van der Waals surface area contributed by atoms with Gasteiger partial charge in [0.25, 0.3) is 0 Å². The second kappa shape index (κ2) is 8.36. The number of carbonyl (C=O) groups excluding carboxylic acids is 1. The summed E-state index contributed by atoms with van der Waals surface area (Å²) in [5.74, 6) is 1.27. The third kappa shape index (κ3) is 4.73. The monoisotopic (exact) mass is 328 g/mol. The van der Waals surface area contributed by atoms with Crippen LogP contribution in [-0.4, -0.2) is 39.1 Å². The van der Waals surface area contributed by atoms with E-state index in [0.717, 1.165) is 23.4 Å². The highest BCUT2D eigenvalue weighted by Crippen LogP contribution is 2.25. The summed E-state index contributed by atoms with van der Waals surface area (Å²) in [6.45, 7) is 0.766. The van der Waals surface area contributed by atoms with E-state index >= 15 is 0 Å². The predicted octanol–water partition coefficient (Wildman–Crippen LogP) is 2.95. The Morgan fingerprint density at radius 1 is 1.04 bits per heavy atom. The van der Waals surface area contributed by atoms with Gasteiger partial charge < -0.3 is 19.7 Å². The second-order valence-electron chi connectivity index (χ2n) is 5.80. The Bertz CT molecular complexity index is 699. The van der Waals surface area contributed by atoms with Crippen LogP contribution in [0, 0.1) is 0 Å². The van der Waals surface area contributed by atoms with Crippen molar-refractivity contribution in [2.24, 2.45) is 0 Å². The van der Waals surface area contributed by atoms with Crippen molar-refractivity contribution in [2.75, 3.05) is 33.6 Å². The number of para-hydroxylation sites is 1. The lowest BCUT2D eigenvalue weighted by molar-refractivity contribution is -0.115. The molecule has 0 aliphatic carbocycles. The molecule has 5 nitrogen and oxygen atoms in total. The third-order valence-corrected chi connectivity index (χ3v) is 3.62. The summed E-state index contributed by atoms with van der Waals surface area (Å²) in [6.07, 6.45) is 0.240. The van der Waals surface area contributed by atoms with Crippen LogP contribution in [0.25, 0.3) is 0 Å². The molecule has 2 aromatic carbocycles. The number of amides is 1. The first-order valence-electron chi connectivity index (χ1n) is 7.77. The predicted molar refractivity (Wildman–Crippen MR) is 95.7 cm³/mol. The SMILES string of the molecule is COc1ccc(CC(=O)Nc2ccccc2CN(C)C)c(OC)c1. The number of nitrogens with one attached hydrogen (secondary N) is 1. The number of hydrogen-bond donors (Lipinski definition) is 1. The number of carbonyl (C=O) groups is 1. The van der Waals surface area contributed by atoms with E-state index in [0.29, 0.717) is 11.5 Å². The lowest BCUT2D eigenvalue weighted by Gasteiger charge is -2.15. The van der Waals surface area contributed by atoms with E-state index in [1.807, 2.05) is 50.5 Å². The van der Waals surface area contributed by atoms with Crippen molar-refractivity contribution in [3.05, 3.63) is 53.6 Å². The van der Waals surface area contributed by atoms with Crippen LogP contribution in [0.5, 0.6) is 11.5 Å². The summed E-state index contributed by atoms with van der Waals surface area (Å²) in [6, 6.07) is 13.3. The van der Waals surface area contributed by atoms with Gasteiger partial charge in [-0.2, -0.15) is 0 Å². The normalized spacial score (nSPS) is 10.5. The van der Waals surface area contributed by atoms with Crippen LogP contribution in [0.2, 0.25) is 0 Å². The number of anilines is 1. The Hall–Kier alpha value is -2.53. The lowest BCUT2D eigenvalue weighted by Crippen LogP contribution is -2.18. The number of rotatable bonds is 7. The maximum atomic E-state index is 12.4. The summed E-state index contributed by atoms with van der Waals surface area (Å²) >= 11 is 0. The smallest absolute Gasteiger partial charge is 0.228 e. The van der Waals surface area contributed by atoms with E-state index in [1.165, 1.54) is 0 Å². The average molecular weight is 328 g/mol. The minimum absolute atomic E-state index is 0.0790. The van der Waals surface area contributed by atoms with Crippen LogP contribution in [-0.2, 0) is 17.8 Å². The lowest BCUT2D eigenvalue weighted by atomic mass is 10.1. The Morgan fingerprint density at radius 3 is 2.46 bits per heavy atom. The molecule has 0 radical (unpaired) electrons. The molecule has 0 spiro atoms. The topological polar surface area (TPSA) is 50.8 Å². The molecule has 2 rings (SSSR count). The highest BCUT2D eigenvalue weighted by atomic mass is 16.5. The van der Waals surface area contributed by atoms with Crippen molar-refractivity contribution in [3.63, 3.8) is 0 Å². The number of benzene rings is 2. The van der Waals surface area contributed by atoms with Gasteiger partial charge in [0.15, 0.2) is 0 Å². The highest BCUT2D eigenvalue weighted by Gasteiger charge is 2.12. The summed E-state index contributed by atoms with van der Waals surface area (Å²) in [7, 11) is 7.19. The van der Waals surface area contributed by atoms with Crippen molar-refractivity contribution in [3.8, 4) is 11.5 Å². The molecule has 128 valence electrons. The van der Waals surface area contributed by atoms with Crippen LogP contribution in [0.4, 0.5) is 5.69 Å². The summed E-state index contributed by atoms with van der Waals surface area (Å²) in [5.41, 5.74) is 2.74. The molecule has 2 aromatic rings. The first-order chi connectivity index (χ1) is 11.5. The summed E-state index contributed by atoms with van der Waals surface area (Å²) in [4.78, 5) is 14.5. The fourth-order valence-electron chi connectivity index (χ4n) is 2.49. The van der Waals surface area contributed by atoms with E-state index in [-0.39, 0.29) is 12.3 Å². The van der Waals surface area contributed by atoms with Crippen LogP contribution in [0.3, 0.4) is 0 Å². The van der Waals surface area contributed by atoms with E-state index in [9.17, 15) is 4.79 Å². The highest BCUT2D eigenvalue weighted by molar-refractivity contribution is 5.93. The molecule has 1 N–H and O–H groups in total. The number of ether oxygens (including phenoxy) is 2. The van der Waals surface area contributed by atoms with Crippen molar-refractivity contribution < 1.29 is 14.3 Å². The van der Waals surface area contributed by atoms with Crippen LogP contribution < -0.4 is 14.8 Å². The maximum absolute atomic E-state index is 12.4. The first-order valence-corrected chi connectivity index (χ1v) is 7.77. The van der Waals surface area contributed by atoms with Gasteiger partial charge in [-0.05, 0) is 31.8 Å². The molecule has 0 bridgehead atoms. The fraction of sp³-hybridized carbons (Fsp3) is 0.316. The van der Waals surface area contributed by atoms with Gasteiger partial charge in [0.05, 0.1) is 20.6 Å². The van der Waals surface area contributed by atoms with E-state index in [2.05, 4.69) is 10.2 Å². The quantitative estimate of drug-likeness (QED) is 0.849. The molecular weight excluding hydrogens is 304 g/mol. The zero-order valence-corrected chi connectivity index (χ0v) is 14.6. The van der Waals surface area contributed by atoms with E-state index < -0.39 is 0 Å². The summed E-state index contributed by atoms with van der Waals surface area (Å²) in [5, 5.41) is 2.99. The second-order valence-corrected chi connectivity index (χ2v) is 5.80. The maximum Gasteiger partial charge on any atom is 0.228 e. The van der Waals surface area contributed by atoms with Crippen LogP contribution in [0.1, 0.15) is 11.1 Å². The van der Waals surface area contributed by atoms with Gasteiger partial charge in [0, 0.05) is 23.9 Å². The fourth-order valence-corrected chi connectivity index (χ4v) is 2.49. The zero-order valence-electron chi connectivity index (χ0n) is 14.6. The molecule has 0 heterocycles. The van der Waals surface area contributed by atoms with E-state index in [1.54, 1.807) is 20.3 Å². The zero-order chi connectivity index (χ0) is 17.5. The Kier molecular flexibility index (Phi) is 6.21. The minimum atomic E-state index is -0.0790. The largest absolute Gasteiger partial charge is 0.497 e. The molecule has 0 atom stereocenters. The van der Waals surface area contributed by atoms with E-state index in [4.69, 9.17) is 9.47 Å². The molecule has 0 unspecified atom stereocenters. The molecule has 0 saturated carbocycles. The number of nitrogens with zero attached hydrogens (tertiary/aromatic N) is 1. The van der Waals surface area contributed by atoms with Gasteiger partial charge in [-0.1, -0.05) is 24.3 Å². The van der Waals surface area contributed by atoms with Gasteiger partial charge >= 0.3 is 0 Å². The molecule has 0 aliphatic heterocycles. The molecule has 24 heavy (non-hydrogen) atoms. The molecule has 0 aliphatic rings. The minimum Gasteiger partial charge on any atom is -0.497 e. The number of hydrogen-bond acceptors (Lipinski definition) is 4. The van der Waals surface area contributed by atoms with Crippen molar-refractivity contribution in [1.29, 1.82) is 0 Å². The first kappa shape index (κ1) is 17.8. The molecule has 5 heteroatoms. The Labute approximate surface area is 143 Å². The van der Waals surface area contributed by atoms with Gasteiger partial charge in [-0.25, -0.2) is 0 Å². The average Bonchev–Trinajstić information content (AvgIpc) is 2.56. The van der Waals surface area contributed by atoms with Crippen LogP contribution >= 0.6 is 0 Å². The Morgan fingerprint density at radius 2 is 1.79 bits per heavy atom. The standard InChI is InChI=1S/C19H24N2O3/c1-21(2)13-15-7-5-6-8-17(15)20-19(22)11-14-9-10-16(23-3)12-18(14)24-4/h5-10,12H,11,13H2,1-4H3,(H,20,22). The third-order valence-electron chi connectivity index (χ3n) is 3.62. The number of methoxy groups -OCH3 is 2. The molecular formula is C19H24N2O3. The summed E-state index contributed by atoms with van der Waals surface area (Å²) < 4.78 is 10.5. The Balaban J connectivity index is 2.12. The van der Waals surface area contributed by atoms with Gasteiger partial charge in [0.1, 0.15) is 11.5 Å². The molecule has 0 fully saturated rings. The van der Waals surface area contributed by atoms with Crippen LogP contribution in [0.15, 0.2) is 42.5 Å². The van der Waals surface area contributed by atoms with Crippen molar-refractivity contribution in [2.45, 2.75) is 13.0 Å². The molecule has 1 amide bonds. The van der Waals surface area contributed by atoms with Crippen molar-refractivity contribution >= 4 is 11.6 Å². The van der Waals surface area contributed by atoms with Gasteiger partial charge in [-0.3, -0.25) is 4.79 Å². The molecule has 0 saturated heterocycles. The molecule has 0 aromatic heterocycles.